The topological polar surface area (TPSA) is 29.3 Å². The Labute approximate surface area is 115 Å². The van der Waals surface area contributed by atoms with Crippen molar-refractivity contribution in [2.75, 3.05) is 11.4 Å². The van der Waals surface area contributed by atoms with E-state index in [0.29, 0.717) is 6.04 Å². The van der Waals surface area contributed by atoms with E-state index in [-0.39, 0.29) is 11.9 Å². The summed E-state index contributed by atoms with van der Waals surface area (Å²) in [5.41, 5.74) is 8.08. The summed E-state index contributed by atoms with van der Waals surface area (Å²) in [5, 5.41) is 0. The highest BCUT2D eigenvalue weighted by atomic mass is 19.1. The zero-order valence-corrected chi connectivity index (χ0v) is 12.0. The lowest BCUT2D eigenvalue weighted by atomic mass is 10.0. The SMILES string of the molecule is CCC1CCCCCN1c1ccc(F)cc1[C@@H](C)N. The van der Waals surface area contributed by atoms with Gasteiger partial charge < -0.3 is 10.6 Å². The van der Waals surface area contributed by atoms with Gasteiger partial charge in [0.1, 0.15) is 5.82 Å². The first-order valence-electron chi connectivity index (χ1n) is 7.45. The van der Waals surface area contributed by atoms with Gasteiger partial charge in [0.05, 0.1) is 0 Å². The summed E-state index contributed by atoms with van der Waals surface area (Å²) in [5.74, 6) is -0.195. The van der Waals surface area contributed by atoms with Crippen LogP contribution in [0.3, 0.4) is 0 Å². The average molecular weight is 264 g/mol. The van der Waals surface area contributed by atoms with Gasteiger partial charge >= 0.3 is 0 Å². The molecule has 1 aromatic rings. The maximum atomic E-state index is 13.5. The molecule has 0 aliphatic carbocycles. The summed E-state index contributed by atoms with van der Waals surface area (Å²) < 4.78 is 13.5. The lowest BCUT2D eigenvalue weighted by Crippen LogP contribution is -2.35. The fraction of sp³-hybridized carbons (Fsp3) is 0.625. The van der Waals surface area contributed by atoms with E-state index in [2.05, 4.69) is 11.8 Å². The molecule has 1 aliphatic rings. The summed E-state index contributed by atoms with van der Waals surface area (Å²) in [6.07, 6.45) is 6.17. The van der Waals surface area contributed by atoms with Gasteiger partial charge in [-0.25, -0.2) is 4.39 Å². The smallest absolute Gasteiger partial charge is 0.123 e. The molecular formula is C16H25FN2. The van der Waals surface area contributed by atoms with Crippen molar-refractivity contribution < 1.29 is 4.39 Å². The second kappa shape index (κ2) is 6.38. The second-order valence-electron chi connectivity index (χ2n) is 5.60. The van der Waals surface area contributed by atoms with Gasteiger partial charge in [-0.15, -0.1) is 0 Å². The highest BCUT2D eigenvalue weighted by molar-refractivity contribution is 5.56. The summed E-state index contributed by atoms with van der Waals surface area (Å²) >= 11 is 0. The van der Waals surface area contributed by atoms with Crippen molar-refractivity contribution in [3.63, 3.8) is 0 Å². The highest BCUT2D eigenvalue weighted by Gasteiger charge is 2.22. The Morgan fingerprint density at radius 1 is 1.37 bits per heavy atom. The molecular weight excluding hydrogens is 239 g/mol. The van der Waals surface area contributed by atoms with Gasteiger partial charge in [0.2, 0.25) is 0 Å². The third kappa shape index (κ3) is 3.27. The molecule has 0 aromatic heterocycles. The van der Waals surface area contributed by atoms with Crippen LogP contribution in [-0.4, -0.2) is 12.6 Å². The minimum atomic E-state index is -0.195. The lowest BCUT2D eigenvalue weighted by Gasteiger charge is -2.34. The van der Waals surface area contributed by atoms with E-state index in [1.807, 2.05) is 13.0 Å². The van der Waals surface area contributed by atoms with Crippen molar-refractivity contribution in [2.45, 2.75) is 58.0 Å². The zero-order valence-electron chi connectivity index (χ0n) is 12.0. The van der Waals surface area contributed by atoms with Crippen molar-refractivity contribution in [1.82, 2.24) is 0 Å². The average Bonchev–Trinajstić information content (AvgIpc) is 2.63. The van der Waals surface area contributed by atoms with E-state index in [0.717, 1.165) is 24.2 Å². The third-order valence-corrected chi connectivity index (χ3v) is 4.14. The monoisotopic (exact) mass is 264 g/mol. The van der Waals surface area contributed by atoms with Crippen LogP contribution in [0.4, 0.5) is 10.1 Å². The van der Waals surface area contributed by atoms with Crippen LogP contribution in [0.25, 0.3) is 0 Å². The molecule has 0 saturated carbocycles. The van der Waals surface area contributed by atoms with Crippen LogP contribution in [0.1, 0.15) is 57.6 Å². The number of rotatable bonds is 3. The molecule has 1 aliphatic heterocycles. The Morgan fingerprint density at radius 3 is 2.84 bits per heavy atom. The summed E-state index contributed by atoms with van der Waals surface area (Å²) in [6, 6.07) is 5.48. The van der Waals surface area contributed by atoms with Crippen molar-refractivity contribution >= 4 is 5.69 Å². The van der Waals surface area contributed by atoms with Crippen LogP contribution >= 0.6 is 0 Å². The molecule has 2 rings (SSSR count). The quantitative estimate of drug-likeness (QED) is 0.894. The normalized spacial score (nSPS) is 22.1. The minimum Gasteiger partial charge on any atom is -0.368 e. The van der Waals surface area contributed by atoms with E-state index in [4.69, 9.17) is 5.73 Å². The van der Waals surface area contributed by atoms with Gasteiger partial charge in [-0.2, -0.15) is 0 Å². The maximum Gasteiger partial charge on any atom is 0.123 e. The molecule has 106 valence electrons. The van der Waals surface area contributed by atoms with Crippen molar-refractivity contribution in [2.24, 2.45) is 5.73 Å². The van der Waals surface area contributed by atoms with E-state index in [1.165, 1.54) is 25.7 Å². The molecule has 0 spiro atoms. The van der Waals surface area contributed by atoms with E-state index in [9.17, 15) is 4.39 Å². The molecule has 3 heteroatoms. The van der Waals surface area contributed by atoms with E-state index < -0.39 is 0 Å². The highest BCUT2D eigenvalue weighted by Crippen LogP contribution is 2.31. The van der Waals surface area contributed by atoms with Gasteiger partial charge in [-0.1, -0.05) is 19.8 Å². The number of benzene rings is 1. The molecule has 19 heavy (non-hydrogen) atoms. The van der Waals surface area contributed by atoms with E-state index >= 15 is 0 Å². The predicted molar refractivity (Wildman–Crippen MR) is 78.9 cm³/mol. The number of hydrogen-bond acceptors (Lipinski definition) is 2. The van der Waals surface area contributed by atoms with Crippen molar-refractivity contribution in [3.8, 4) is 0 Å². The molecule has 1 fully saturated rings. The number of hydrogen-bond donors (Lipinski definition) is 1. The minimum absolute atomic E-state index is 0.133. The fourth-order valence-electron chi connectivity index (χ4n) is 3.07. The molecule has 2 atom stereocenters. The predicted octanol–water partition coefficient (Wildman–Crippen LogP) is 4.00. The standard InChI is InChI=1S/C16H25FN2/c1-3-14-7-5-4-6-10-19(14)16-9-8-13(17)11-15(16)12(2)18/h8-9,11-12,14H,3-7,10,18H2,1-2H3/t12-,14?/m1/s1. The first kappa shape index (κ1) is 14.3. The Morgan fingerprint density at radius 2 is 2.16 bits per heavy atom. The number of anilines is 1. The fourth-order valence-corrected chi connectivity index (χ4v) is 3.07. The molecule has 1 unspecified atom stereocenters. The number of nitrogens with two attached hydrogens (primary N) is 1. The Balaban J connectivity index is 2.37. The van der Waals surface area contributed by atoms with Gasteiger partial charge in [0.25, 0.3) is 0 Å². The van der Waals surface area contributed by atoms with Crippen LogP contribution < -0.4 is 10.6 Å². The summed E-state index contributed by atoms with van der Waals surface area (Å²) in [6.45, 7) is 5.22. The molecule has 2 nitrogen and oxygen atoms in total. The lowest BCUT2D eigenvalue weighted by molar-refractivity contribution is 0.552. The third-order valence-electron chi connectivity index (χ3n) is 4.14. The van der Waals surface area contributed by atoms with Gasteiger partial charge in [-0.3, -0.25) is 0 Å². The van der Waals surface area contributed by atoms with Gasteiger partial charge in [0, 0.05) is 24.3 Å². The molecule has 1 saturated heterocycles. The van der Waals surface area contributed by atoms with Gasteiger partial charge in [0.15, 0.2) is 0 Å². The second-order valence-corrected chi connectivity index (χ2v) is 5.60. The van der Waals surface area contributed by atoms with Crippen LogP contribution in [-0.2, 0) is 0 Å². The zero-order chi connectivity index (χ0) is 13.8. The molecule has 1 aromatic carbocycles. The molecule has 0 amide bonds. The Hall–Kier alpha value is -1.09. The van der Waals surface area contributed by atoms with Gasteiger partial charge in [-0.05, 0) is 49.9 Å². The Bertz CT molecular complexity index is 417. The first-order valence-corrected chi connectivity index (χ1v) is 7.45. The number of halogens is 1. The summed E-state index contributed by atoms with van der Waals surface area (Å²) in [7, 11) is 0. The van der Waals surface area contributed by atoms with Crippen molar-refractivity contribution in [3.05, 3.63) is 29.6 Å². The first-order chi connectivity index (χ1) is 9.13. The molecule has 0 bridgehead atoms. The maximum absolute atomic E-state index is 13.5. The van der Waals surface area contributed by atoms with Crippen LogP contribution in [0, 0.1) is 5.82 Å². The Kier molecular flexibility index (Phi) is 4.81. The van der Waals surface area contributed by atoms with Crippen LogP contribution in [0.2, 0.25) is 0 Å². The molecule has 2 N–H and O–H groups in total. The number of nitrogens with zero attached hydrogens (tertiary/aromatic N) is 1. The van der Waals surface area contributed by atoms with Crippen molar-refractivity contribution in [1.29, 1.82) is 0 Å². The molecule has 1 heterocycles. The van der Waals surface area contributed by atoms with E-state index in [1.54, 1.807) is 12.1 Å². The largest absolute Gasteiger partial charge is 0.368 e. The summed E-state index contributed by atoms with van der Waals surface area (Å²) in [4.78, 5) is 2.45. The molecule has 0 radical (unpaired) electrons. The van der Waals surface area contributed by atoms with Crippen LogP contribution in [0.5, 0.6) is 0 Å². The van der Waals surface area contributed by atoms with Crippen LogP contribution in [0.15, 0.2) is 18.2 Å².